The van der Waals surface area contributed by atoms with Crippen LogP contribution in [0, 0.1) is 5.92 Å². The van der Waals surface area contributed by atoms with Gasteiger partial charge in [-0.15, -0.1) is 0 Å². The molecule has 1 amide bonds. The molecule has 1 N–H and O–H groups in total. The third-order valence-electron chi connectivity index (χ3n) is 6.27. The van der Waals surface area contributed by atoms with Crippen molar-refractivity contribution < 1.29 is 22.8 Å². The normalized spacial score (nSPS) is 15.7. The van der Waals surface area contributed by atoms with Gasteiger partial charge in [0.25, 0.3) is 5.91 Å². The summed E-state index contributed by atoms with van der Waals surface area (Å²) in [6, 6.07) is 10.4. The SMILES string of the molecule is CC(=O)c1ccc(CNC(=O)c2cnc3c(c2)CN(Cc2ccc(C(F)(F)F)cc2)[C@H]3C(C)C)nc1. The number of fused-ring (bicyclic) bond motifs is 1. The summed E-state index contributed by atoms with van der Waals surface area (Å²) in [6.45, 7) is 6.84. The van der Waals surface area contributed by atoms with Crippen molar-refractivity contribution >= 4 is 11.7 Å². The Hall–Kier alpha value is -3.59. The van der Waals surface area contributed by atoms with Crippen LogP contribution in [0.1, 0.15) is 75.6 Å². The number of carbonyl (C=O) groups excluding carboxylic acids is 2. The second-order valence-corrected chi connectivity index (χ2v) is 9.33. The van der Waals surface area contributed by atoms with Gasteiger partial charge in [0.05, 0.1) is 35.1 Å². The first kappa shape index (κ1) is 25.5. The first-order chi connectivity index (χ1) is 17.0. The molecular formula is C27H27F3N4O2. The van der Waals surface area contributed by atoms with E-state index in [-0.39, 0.29) is 30.2 Å². The lowest BCUT2D eigenvalue weighted by atomic mass is 9.99. The monoisotopic (exact) mass is 496 g/mol. The number of amides is 1. The van der Waals surface area contributed by atoms with Crippen molar-refractivity contribution in [2.24, 2.45) is 5.92 Å². The van der Waals surface area contributed by atoms with Crippen LogP contribution in [-0.2, 0) is 25.8 Å². The summed E-state index contributed by atoms with van der Waals surface area (Å²) in [5.74, 6) is -0.142. The maximum Gasteiger partial charge on any atom is 0.416 e. The smallest absolute Gasteiger partial charge is 0.346 e. The van der Waals surface area contributed by atoms with Crippen LogP contribution in [0.25, 0.3) is 0 Å². The van der Waals surface area contributed by atoms with Crippen molar-refractivity contribution in [1.29, 1.82) is 0 Å². The molecule has 0 fully saturated rings. The van der Waals surface area contributed by atoms with E-state index in [9.17, 15) is 22.8 Å². The van der Waals surface area contributed by atoms with Gasteiger partial charge in [-0.3, -0.25) is 24.5 Å². The molecule has 9 heteroatoms. The number of Topliss-reactive ketones (excluding diaryl/α,β-unsaturated/α-hetero) is 1. The Labute approximate surface area is 207 Å². The van der Waals surface area contributed by atoms with Gasteiger partial charge in [0, 0.05) is 31.0 Å². The molecule has 6 nitrogen and oxygen atoms in total. The molecule has 1 aliphatic heterocycles. The average molecular weight is 497 g/mol. The zero-order chi connectivity index (χ0) is 26.0. The van der Waals surface area contributed by atoms with Crippen LogP contribution in [0.5, 0.6) is 0 Å². The number of pyridine rings is 2. The van der Waals surface area contributed by atoms with Crippen LogP contribution in [0.2, 0.25) is 0 Å². The van der Waals surface area contributed by atoms with Crippen LogP contribution in [-0.4, -0.2) is 26.6 Å². The van der Waals surface area contributed by atoms with E-state index in [4.69, 9.17) is 0 Å². The molecule has 188 valence electrons. The van der Waals surface area contributed by atoms with E-state index < -0.39 is 11.7 Å². The zero-order valence-corrected chi connectivity index (χ0v) is 20.3. The first-order valence-corrected chi connectivity index (χ1v) is 11.7. The largest absolute Gasteiger partial charge is 0.416 e. The van der Waals surface area contributed by atoms with Crippen molar-refractivity contribution in [2.45, 2.75) is 52.6 Å². The van der Waals surface area contributed by atoms with Crippen LogP contribution >= 0.6 is 0 Å². The van der Waals surface area contributed by atoms with Gasteiger partial charge in [0.15, 0.2) is 5.78 Å². The number of hydrogen-bond donors (Lipinski definition) is 1. The van der Waals surface area contributed by atoms with Gasteiger partial charge >= 0.3 is 6.18 Å². The van der Waals surface area contributed by atoms with E-state index in [1.807, 2.05) is 6.07 Å². The fourth-order valence-electron chi connectivity index (χ4n) is 4.46. The van der Waals surface area contributed by atoms with Gasteiger partial charge < -0.3 is 5.32 Å². The van der Waals surface area contributed by atoms with Crippen LogP contribution < -0.4 is 5.32 Å². The van der Waals surface area contributed by atoms with E-state index in [2.05, 4.69) is 34.0 Å². The molecule has 0 aliphatic carbocycles. The molecule has 1 atom stereocenters. The summed E-state index contributed by atoms with van der Waals surface area (Å²) in [4.78, 5) is 35.1. The highest BCUT2D eigenvalue weighted by Crippen LogP contribution is 2.39. The summed E-state index contributed by atoms with van der Waals surface area (Å²) in [7, 11) is 0. The standard InChI is InChI=1S/C27H27F3N4O2/c1-16(2)25-24-21(15-34(25)14-18-4-7-22(8-5-18)27(28,29)30)10-20(12-32-24)26(36)33-13-23-9-6-19(11-31-23)17(3)35/h4-12,16,25H,13-15H2,1-3H3,(H,33,36)/t25-/m0/s1. The lowest BCUT2D eigenvalue weighted by Gasteiger charge is -2.27. The molecular weight excluding hydrogens is 469 g/mol. The highest BCUT2D eigenvalue weighted by Gasteiger charge is 2.35. The van der Waals surface area contributed by atoms with E-state index in [1.165, 1.54) is 25.3 Å². The van der Waals surface area contributed by atoms with Crippen molar-refractivity contribution in [3.05, 3.63) is 94.1 Å². The van der Waals surface area contributed by atoms with Gasteiger partial charge in [-0.2, -0.15) is 13.2 Å². The van der Waals surface area contributed by atoms with Gasteiger partial charge in [-0.1, -0.05) is 26.0 Å². The fraction of sp³-hybridized carbons (Fsp3) is 0.333. The molecule has 4 rings (SSSR count). The average Bonchev–Trinajstić information content (AvgIpc) is 3.19. The fourth-order valence-corrected chi connectivity index (χ4v) is 4.46. The van der Waals surface area contributed by atoms with E-state index in [0.717, 1.165) is 29.0 Å². The van der Waals surface area contributed by atoms with Crippen molar-refractivity contribution in [3.63, 3.8) is 0 Å². The maximum absolute atomic E-state index is 12.9. The van der Waals surface area contributed by atoms with E-state index in [0.29, 0.717) is 29.9 Å². The van der Waals surface area contributed by atoms with Crippen molar-refractivity contribution in [3.8, 4) is 0 Å². The predicted octanol–water partition coefficient (Wildman–Crippen LogP) is 5.34. The number of hydrogen-bond acceptors (Lipinski definition) is 5. The third kappa shape index (κ3) is 5.62. The Morgan fingerprint density at radius 3 is 2.33 bits per heavy atom. The number of nitrogens with zero attached hydrogens (tertiary/aromatic N) is 3. The summed E-state index contributed by atoms with van der Waals surface area (Å²) >= 11 is 0. The Morgan fingerprint density at radius 1 is 1.06 bits per heavy atom. The molecule has 0 saturated heterocycles. The van der Waals surface area contributed by atoms with Crippen LogP contribution in [0.15, 0.2) is 54.9 Å². The van der Waals surface area contributed by atoms with Gasteiger partial charge in [-0.25, -0.2) is 0 Å². The number of rotatable bonds is 7. The number of nitrogens with one attached hydrogen (secondary N) is 1. The summed E-state index contributed by atoms with van der Waals surface area (Å²) < 4.78 is 38.7. The van der Waals surface area contributed by atoms with Gasteiger partial charge in [0.2, 0.25) is 0 Å². The van der Waals surface area contributed by atoms with Gasteiger partial charge in [0.1, 0.15) is 0 Å². The summed E-state index contributed by atoms with van der Waals surface area (Å²) in [5.41, 5.74) is 3.49. The first-order valence-electron chi connectivity index (χ1n) is 11.7. The second-order valence-electron chi connectivity index (χ2n) is 9.33. The number of halogens is 3. The molecule has 2 aromatic heterocycles. The molecule has 0 saturated carbocycles. The van der Waals surface area contributed by atoms with Crippen LogP contribution in [0.4, 0.5) is 13.2 Å². The Bertz CT molecular complexity index is 1260. The van der Waals surface area contributed by atoms with E-state index in [1.54, 1.807) is 18.3 Å². The van der Waals surface area contributed by atoms with Crippen molar-refractivity contribution in [1.82, 2.24) is 20.2 Å². The summed E-state index contributed by atoms with van der Waals surface area (Å²) in [6.07, 6.45) is -1.33. The molecule has 1 aromatic carbocycles. The Kier molecular flexibility index (Phi) is 7.21. The molecule has 1 aliphatic rings. The maximum atomic E-state index is 12.9. The molecule has 0 spiro atoms. The second kappa shape index (κ2) is 10.2. The minimum atomic E-state index is -4.36. The lowest BCUT2D eigenvalue weighted by molar-refractivity contribution is -0.137. The van der Waals surface area contributed by atoms with Gasteiger partial charge in [-0.05, 0) is 54.3 Å². The molecule has 0 bridgehead atoms. The topological polar surface area (TPSA) is 75.2 Å². The highest BCUT2D eigenvalue weighted by molar-refractivity contribution is 5.94. The number of benzene rings is 1. The molecule has 36 heavy (non-hydrogen) atoms. The Morgan fingerprint density at radius 2 is 1.75 bits per heavy atom. The molecule has 0 radical (unpaired) electrons. The quantitative estimate of drug-likeness (QED) is 0.447. The minimum absolute atomic E-state index is 0.0107. The van der Waals surface area contributed by atoms with Crippen LogP contribution in [0.3, 0.4) is 0 Å². The highest BCUT2D eigenvalue weighted by atomic mass is 19.4. The number of carbonyl (C=O) groups is 2. The lowest BCUT2D eigenvalue weighted by Crippen LogP contribution is -2.26. The number of ketones is 1. The number of aromatic nitrogens is 2. The van der Waals surface area contributed by atoms with E-state index >= 15 is 0 Å². The molecule has 0 unspecified atom stereocenters. The molecule has 3 heterocycles. The number of alkyl halides is 3. The zero-order valence-electron chi connectivity index (χ0n) is 20.3. The Balaban J connectivity index is 1.45. The predicted molar refractivity (Wildman–Crippen MR) is 128 cm³/mol. The summed E-state index contributed by atoms with van der Waals surface area (Å²) in [5, 5.41) is 2.83. The van der Waals surface area contributed by atoms with Crippen molar-refractivity contribution in [2.75, 3.05) is 0 Å². The third-order valence-corrected chi connectivity index (χ3v) is 6.27. The minimum Gasteiger partial charge on any atom is -0.346 e. The molecule has 3 aromatic rings.